The van der Waals surface area contributed by atoms with Crippen LogP contribution in [0.25, 0.3) is 0 Å². The largest absolute Gasteiger partial charge is 0.379 e. The monoisotopic (exact) mass is 330 g/mol. The fourth-order valence-electron chi connectivity index (χ4n) is 3.82. The van der Waals surface area contributed by atoms with Crippen molar-refractivity contribution < 1.29 is 14.3 Å². The predicted octanol–water partition coefficient (Wildman–Crippen LogP) is 1.99. The molecule has 5 heteroatoms. The molecule has 5 nitrogen and oxygen atoms in total. The lowest BCUT2D eigenvalue weighted by molar-refractivity contribution is 0.0119. The Morgan fingerprint density at radius 1 is 1.17 bits per heavy atom. The second kappa shape index (κ2) is 7.03. The second-order valence-electron chi connectivity index (χ2n) is 6.99. The van der Waals surface area contributed by atoms with Gasteiger partial charge < -0.3 is 9.64 Å². The summed E-state index contributed by atoms with van der Waals surface area (Å²) in [5.41, 5.74) is 2.17. The molecule has 2 atom stereocenters. The standard InChI is InChI=1S/C19H26N2O3/c1-13-4-5-16(10-17(13)15(3)22)19(23)21-11-14(2)18(12-21)20-6-8-24-9-7-20/h4-5,10,14,18H,6-9,11-12H2,1-3H3/t14-,18+/m1/s1. The third kappa shape index (κ3) is 3.37. The van der Waals surface area contributed by atoms with Gasteiger partial charge in [0.25, 0.3) is 5.91 Å². The van der Waals surface area contributed by atoms with Crippen LogP contribution in [0.3, 0.4) is 0 Å². The molecule has 0 radical (unpaired) electrons. The van der Waals surface area contributed by atoms with Crippen molar-refractivity contribution in [3.63, 3.8) is 0 Å². The third-order valence-electron chi connectivity index (χ3n) is 5.24. The van der Waals surface area contributed by atoms with Gasteiger partial charge in [0.1, 0.15) is 0 Å². The molecule has 0 bridgehead atoms. The summed E-state index contributed by atoms with van der Waals surface area (Å²) in [6.07, 6.45) is 0. The highest BCUT2D eigenvalue weighted by atomic mass is 16.5. The van der Waals surface area contributed by atoms with Gasteiger partial charge in [-0.3, -0.25) is 14.5 Å². The number of benzene rings is 1. The van der Waals surface area contributed by atoms with E-state index in [1.165, 1.54) is 0 Å². The van der Waals surface area contributed by atoms with E-state index in [0.29, 0.717) is 23.1 Å². The average molecular weight is 330 g/mol. The molecule has 0 spiro atoms. The molecule has 2 aliphatic heterocycles. The van der Waals surface area contributed by atoms with E-state index in [1.54, 1.807) is 13.0 Å². The van der Waals surface area contributed by atoms with Crippen LogP contribution in [0.1, 0.15) is 40.1 Å². The lowest BCUT2D eigenvalue weighted by Crippen LogP contribution is -2.47. The van der Waals surface area contributed by atoms with E-state index in [0.717, 1.165) is 45.0 Å². The summed E-state index contributed by atoms with van der Waals surface area (Å²) in [4.78, 5) is 29.0. The molecule has 0 aliphatic carbocycles. The third-order valence-corrected chi connectivity index (χ3v) is 5.24. The number of rotatable bonds is 3. The van der Waals surface area contributed by atoms with Gasteiger partial charge in [-0.25, -0.2) is 0 Å². The fraction of sp³-hybridized carbons (Fsp3) is 0.579. The Morgan fingerprint density at radius 2 is 1.88 bits per heavy atom. The number of amides is 1. The van der Waals surface area contributed by atoms with Crippen molar-refractivity contribution in [2.45, 2.75) is 26.8 Å². The molecule has 3 rings (SSSR count). The normalized spacial score (nSPS) is 25.0. The Bertz CT molecular complexity index is 637. The minimum absolute atomic E-state index is 0.00290. The van der Waals surface area contributed by atoms with E-state index < -0.39 is 0 Å². The fourth-order valence-corrected chi connectivity index (χ4v) is 3.82. The Kier molecular flexibility index (Phi) is 5.01. The van der Waals surface area contributed by atoms with Gasteiger partial charge in [0.2, 0.25) is 0 Å². The number of hydrogen-bond acceptors (Lipinski definition) is 4. The SMILES string of the molecule is CC(=O)c1cc(C(=O)N2C[C@@H](C)[C@@H](N3CCOCC3)C2)ccc1C. The maximum atomic E-state index is 12.9. The first-order chi connectivity index (χ1) is 11.5. The highest BCUT2D eigenvalue weighted by Crippen LogP contribution is 2.25. The van der Waals surface area contributed by atoms with Crippen LogP contribution in [0, 0.1) is 12.8 Å². The number of ketones is 1. The summed E-state index contributed by atoms with van der Waals surface area (Å²) in [6, 6.07) is 5.84. The van der Waals surface area contributed by atoms with Crippen molar-refractivity contribution in [1.82, 2.24) is 9.80 Å². The molecule has 0 unspecified atom stereocenters. The lowest BCUT2D eigenvalue weighted by atomic mass is 10.0. The van der Waals surface area contributed by atoms with Crippen molar-refractivity contribution in [1.29, 1.82) is 0 Å². The van der Waals surface area contributed by atoms with Gasteiger partial charge in [0, 0.05) is 43.3 Å². The summed E-state index contributed by atoms with van der Waals surface area (Å²) < 4.78 is 5.43. The molecule has 0 saturated carbocycles. The first kappa shape index (κ1) is 17.1. The number of ether oxygens (including phenoxy) is 1. The van der Waals surface area contributed by atoms with Gasteiger partial charge in [0.05, 0.1) is 13.2 Å². The number of carbonyl (C=O) groups is 2. The van der Waals surface area contributed by atoms with Gasteiger partial charge >= 0.3 is 0 Å². The summed E-state index contributed by atoms with van der Waals surface area (Å²) in [7, 11) is 0. The molecule has 2 fully saturated rings. The van der Waals surface area contributed by atoms with Crippen molar-refractivity contribution in [2.75, 3.05) is 39.4 Å². The van der Waals surface area contributed by atoms with E-state index >= 15 is 0 Å². The van der Waals surface area contributed by atoms with Crippen LogP contribution in [0.5, 0.6) is 0 Å². The predicted molar refractivity (Wildman–Crippen MR) is 92.4 cm³/mol. The van der Waals surface area contributed by atoms with Gasteiger partial charge in [0.15, 0.2) is 5.78 Å². The molecule has 1 aromatic carbocycles. The topological polar surface area (TPSA) is 49.9 Å². The quantitative estimate of drug-likeness (QED) is 0.796. The van der Waals surface area contributed by atoms with E-state index in [-0.39, 0.29) is 11.7 Å². The molecule has 2 aliphatic rings. The Morgan fingerprint density at radius 3 is 2.54 bits per heavy atom. The molecule has 0 N–H and O–H groups in total. The van der Waals surface area contributed by atoms with E-state index in [4.69, 9.17) is 4.74 Å². The number of hydrogen-bond donors (Lipinski definition) is 0. The van der Waals surface area contributed by atoms with Crippen LogP contribution in [0.4, 0.5) is 0 Å². The van der Waals surface area contributed by atoms with Crippen LogP contribution in [-0.2, 0) is 4.74 Å². The minimum atomic E-state index is 0.00290. The molecule has 24 heavy (non-hydrogen) atoms. The Labute approximate surface area is 143 Å². The molecular weight excluding hydrogens is 304 g/mol. The van der Waals surface area contributed by atoms with Gasteiger partial charge in [-0.05, 0) is 37.5 Å². The van der Waals surface area contributed by atoms with Crippen LogP contribution in [0.2, 0.25) is 0 Å². The molecule has 1 aromatic rings. The molecule has 130 valence electrons. The molecule has 0 aromatic heterocycles. The molecule has 2 heterocycles. The summed E-state index contributed by atoms with van der Waals surface area (Å²) >= 11 is 0. The second-order valence-corrected chi connectivity index (χ2v) is 6.99. The highest BCUT2D eigenvalue weighted by molar-refractivity contribution is 6.00. The summed E-state index contributed by atoms with van der Waals surface area (Å²) in [6.45, 7) is 10.6. The summed E-state index contributed by atoms with van der Waals surface area (Å²) in [5, 5.41) is 0. The van der Waals surface area contributed by atoms with Crippen molar-refractivity contribution >= 4 is 11.7 Å². The van der Waals surface area contributed by atoms with E-state index in [9.17, 15) is 9.59 Å². The Hall–Kier alpha value is -1.72. The average Bonchev–Trinajstić information content (AvgIpc) is 2.97. The van der Waals surface area contributed by atoms with Gasteiger partial charge in [-0.15, -0.1) is 0 Å². The number of aryl methyl sites for hydroxylation is 1. The van der Waals surface area contributed by atoms with Crippen molar-refractivity contribution in [2.24, 2.45) is 5.92 Å². The first-order valence-corrected chi connectivity index (χ1v) is 8.70. The number of likely N-dealkylation sites (tertiary alicyclic amines) is 1. The molecular formula is C19H26N2O3. The van der Waals surface area contributed by atoms with Crippen LogP contribution in [-0.4, -0.2) is 66.9 Å². The van der Waals surface area contributed by atoms with Gasteiger partial charge in [-0.2, -0.15) is 0 Å². The van der Waals surface area contributed by atoms with Crippen LogP contribution >= 0.6 is 0 Å². The van der Waals surface area contributed by atoms with E-state index in [2.05, 4.69) is 11.8 Å². The zero-order valence-electron chi connectivity index (χ0n) is 14.7. The minimum Gasteiger partial charge on any atom is -0.379 e. The highest BCUT2D eigenvalue weighted by Gasteiger charge is 2.36. The van der Waals surface area contributed by atoms with E-state index in [1.807, 2.05) is 24.0 Å². The molecule has 1 amide bonds. The maximum Gasteiger partial charge on any atom is 0.253 e. The zero-order valence-corrected chi connectivity index (χ0v) is 14.7. The number of morpholine rings is 1. The molecule has 2 saturated heterocycles. The smallest absolute Gasteiger partial charge is 0.253 e. The van der Waals surface area contributed by atoms with Crippen molar-refractivity contribution in [3.05, 3.63) is 34.9 Å². The Balaban J connectivity index is 1.74. The number of carbonyl (C=O) groups excluding carboxylic acids is 2. The van der Waals surface area contributed by atoms with Gasteiger partial charge in [-0.1, -0.05) is 13.0 Å². The summed E-state index contributed by atoms with van der Waals surface area (Å²) in [5.74, 6) is 0.480. The van der Waals surface area contributed by atoms with Crippen LogP contribution < -0.4 is 0 Å². The lowest BCUT2D eigenvalue weighted by Gasteiger charge is -2.34. The zero-order chi connectivity index (χ0) is 17.3. The number of Topliss-reactive ketones (excluding diaryl/α,β-unsaturated/α-hetero) is 1. The maximum absolute atomic E-state index is 12.9. The first-order valence-electron chi connectivity index (χ1n) is 8.70. The van der Waals surface area contributed by atoms with Crippen molar-refractivity contribution in [3.8, 4) is 0 Å². The number of nitrogens with zero attached hydrogens (tertiary/aromatic N) is 2. The van der Waals surface area contributed by atoms with Crippen LogP contribution in [0.15, 0.2) is 18.2 Å².